The lowest BCUT2D eigenvalue weighted by Crippen LogP contribution is -2.70. The highest BCUT2D eigenvalue weighted by molar-refractivity contribution is 6.03. The first-order valence-electron chi connectivity index (χ1n) is 23.6. The zero-order valence-electron chi connectivity index (χ0n) is 38.8. The van der Waals surface area contributed by atoms with Crippen LogP contribution in [0.25, 0.3) is 6.08 Å². The fourth-order valence-electron chi connectivity index (χ4n) is 10.1. The van der Waals surface area contributed by atoms with Crippen LogP contribution in [0.15, 0.2) is 96.2 Å². The number of nitro groups is 1. The number of aliphatic hydroxyl groups excluding tert-OH is 2. The SMILES string of the molecule is C=CCO[C@@]12Oc3ccc(OCCN4CC4)cc3[C@H]3[C@H](CCCCO)[C@@H](CCCCO)C=C(C(=NOC(C)(C)C)C[C@@H]1N(Cc1ccc4c(c1)OCO4)C(=O)C=Cc1ccc([N+](=O)[O-])cc1)[C@H]32. The molecule has 2 fully saturated rings. The van der Waals surface area contributed by atoms with Gasteiger partial charge in [0.1, 0.15) is 29.7 Å². The second-order valence-electron chi connectivity index (χ2n) is 19.0. The number of non-ortho nitro benzene ring substituents is 1. The molecule has 358 valence electrons. The Morgan fingerprint density at radius 2 is 1.75 bits per heavy atom. The van der Waals surface area contributed by atoms with Crippen molar-refractivity contribution in [2.24, 2.45) is 22.9 Å². The Morgan fingerprint density at radius 3 is 2.46 bits per heavy atom. The predicted molar refractivity (Wildman–Crippen MR) is 253 cm³/mol. The van der Waals surface area contributed by atoms with E-state index in [-0.39, 0.29) is 68.9 Å². The number of nitrogens with zero attached hydrogens (tertiary/aromatic N) is 4. The maximum atomic E-state index is 15.3. The molecule has 3 aliphatic heterocycles. The third-order valence-corrected chi connectivity index (χ3v) is 13.3. The predicted octanol–water partition coefficient (Wildman–Crippen LogP) is 8.19. The average molecular weight is 921 g/mol. The van der Waals surface area contributed by atoms with E-state index in [9.17, 15) is 20.3 Å². The fourth-order valence-corrected chi connectivity index (χ4v) is 10.1. The lowest BCUT2D eigenvalue weighted by molar-refractivity contribution is -0.384. The summed E-state index contributed by atoms with van der Waals surface area (Å²) < 4.78 is 32.5. The number of unbranched alkanes of at least 4 members (excludes halogenated alkanes) is 2. The molecule has 1 amide bonds. The normalized spacial score (nSPS) is 24.3. The number of rotatable bonds is 22. The average Bonchev–Trinajstić information content (AvgIpc) is 4.03. The molecule has 0 radical (unpaired) electrons. The van der Waals surface area contributed by atoms with Crippen LogP contribution in [0.5, 0.6) is 23.0 Å². The number of amides is 1. The molecular formula is C52H64N4O11. The van der Waals surface area contributed by atoms with Crippen LogP contribution in [0.4, 0.5) is 5.69 Å². The summed E-state index contributed by atoms with van der Waals surface area (Å²) in [7, 11) is 0. The first kappa shape index (κ1) is 47.7. The quantitative estimate of drug-likeness (QED) is 0.0247. The lowest BCUT2D eigenvalue weighted by atomic mass is 9.55. The lowest BCUT2D eigenvalue weighted by Gasteiger charge is -2.60. The van der Waals surface area contributed by atoms with Gasteiger partial charge in [0, 0.05) is 75.5 Å². The molecule has 6 atom stereocenters. The van der Waals surface area contributed by atoms with Crippen LogP contribution in [0.1, 0.15) is 88.3 Å². The standard InChI is InChI=1S/C52H64N4O11/c1-5-27-65-52-47(55(33-36-14-19-45-46(29-36)64-34-63-45)48(59)21-15-35-12-16-38(17-13-35)56(60)61)32-43(53-67-51(2,3)4)41-30-37(10-6-8-25-57)40(11-7-9-26-58)49(50(41)52)42-31-39(18-20-44(42)66-52)62-28-24-54-22-23-54/h5,12-21,29-31,37,40,47,49-50,57-58H,1,6-11,22-28,32-34H2,2-4H3/t37-,40+,47-,49+,50+,52+/m0/s1. The minimum Gasteiger partial charge on any atom is -0.492 e. The molecule has 2 N–H and O–H groups in total. The van der Waals surface area contributed by atoms with Crippen molar-refractivity contribution in [3.8, 4) is 23.0 Å². The molecule has 5 aliphatic rings. The second kappa shape index (κ2) is 21.1. The summed E-state index contributed by atoms with van der Waals surface area (Å²) >= 11 is 0. The Labute approximate surface area is 392 Å². The number of oxime groups is 1. The highest BCUT2D eigenvalue weighted by Gasteiger charge is 2.65. The van der Waals surface area contributed by atoms with Gasteiger partial charge in [-0.15, -0.1) is 6.58 Å². The van der Waals surface area contributed by atoms with E-state index in [0.717, 1.165) is 67.8 Å². The van der Waals surface area contributed by atoms with Gasteiger partial charge in [-0.3, -0.25) is 19.8 Å². The molecule has 3 aromatic rings. The zero-order chi connectivity index (χ0) is 47.1. The summed E-state index contributed by atoms with van der Waals surface area (Å²) in [4.78, 5) is 36.7. The molecule has 0 spiro atoms. The van der Waals surface area contributed by atoms with Gasteiger partial charge in [0.25, 0.3) is 5.69 Å². The Kier molecular flexibility index (Phi) is 15.0. The van der Waals surface area contributed by atoms with Crippen molar-refractivity contribution < 1.29 is 48.5 Å². The third kappa shape index (κ3) is 11.0. The molecule has 1 saturated heterocycles. The first-order valence-corrected chi connectivity index (χ1v) is 23.6. The van der Waals surface area contributed by atoms with Gasteiger partial charge in [0.05, 0.1) is 23.2 Å². The van der Waals surface area contributed by atoms with Crippen molar-refractivity contribution in [2.45, 2.75) is 95.6 Å². The van der Waals surface area contributed by atoms with Crippen LogP contribution in [-0.4, -0.2) is 107 Å². The summed E-state index contributed by atoms with van der Waals surface area (Å²) in [6.45, 7) is 13.9. The molecule has 3 heterocycles. The number of ether oxygens (including phenoxy) is 5. The van der Waals surface area contributed by atoms with Crippen molar-refractivity contribution in [3.05, 3.63) is 118 Å². The van der Waals surface area contributed by atoms with Crippen LogP contribution in [0.3, 0.4) is 0 Å². The zero-order valence-corrected chi connectivity index (χ0v) is 38.8. The molecular weight excluding hydrogens is 857 g/mol. The van der Waals surface area contributed by atoms with E-state index in [1.54, 1.807) is 29.2 Å². The highest BCUT2D eigenvalue weighted by Crippen LogP contribution is 2.62. The van der Waals surface area contributed by atoms with E-state index in [1.165, 1.54) is 18.2 Å². The van der Waals surface area contributed by atoms with Gasteiger partial charge in [-0.05, 0) is 124 Å². The van der Waals surface area contributed by atoms with E-state index in [1.807, 2.05) is 51.1 Å². The van der Waals surface area contributed by atoms with Crippen molar-refractivity contribution in [2.75, 3.05) is 52.9 Å². The summed E-state index contributed by atoms with van der Waals surface area (Å²) in [6.07, 6.45) is 11.9. The summed E-state index contributed by atoms with van der Waals surface area (Å²) in [5, 5.41) is 36.4. The Morgan fingerprint density at radius 1 is 1.00 bits per heavy atom. The Balaban J connectivity index is 1.32. The van der Waals surface area contributed by atoms with Gasteiger partial charge in [-0.25, -0.2) is 0 Å². The molecule has 67 heavy (non-hydrogen) atoms. The first-order chi connectivity index (χ1) is 32.4. The largest absolute Gasteiger partial charge is 0.492 e. The van der Waals surface area contributed by atoms with Gasteiger partial charge in [-0.2, -0.15) is 0 Å². The Hall–Kier alpha value is -5.74. The highest BCUT2D eigenvalue weighted by atomic mass is 16.7. The van der Waals surface area contributed by atoms with Crippen molar-refractivity contribution in [1.29, 1.82) is 0 Å². The van der Waals surface area contributed by atoms with Gasteiger partial charge < -0.3 is 43.6 Å². The van der Waals surface area contributed by atoms with E-state index >= 15 is 4.79 Å². The molecule has 0 bridgehead atoms. The molecule has 0 aromatic heterocycles. The van der Waals surface area contributed by atoms with Gasteiger partial charge in [-0.1, -0.05) is 36.2 Å². The number of carbonyl (C=O) groups is 1. The van der Waals surface area contributed by atoms with Crippen LogP contribution in [-0.2, 0) is 20.9 Å². The van der Waals surface area contributed by atoms with E-state index in [4.69, 9.17) is 33.7 Å². The molecule has 15 nitrogen and oxygen atoms in total. The molecule has 1 saturated carbocycles. The topological polar surface area (TPSA) is 175 Å². The maximum absolute atomic E-state index is 15.3. The second-order valence-corrected chi connectivity index (χ2v) is 19.0. The minimum absolute atomic E-state index is 0.0322. The molecule has 8 rings (SSSR count). The van der Waals surface area contributed by atoms with Crippen molar-refractivity contribution in [3.63, 3.8) is 0 Å². The molecule has 2 aliphatic carbocycles. The maximum Gasteiger partial charge on any atom is 0.269 e. The number of benzene rings is 3. The van der Waals surface area contributed by atoms with Gasteiger partial charge in [0.15, 0.2) is 11.5 Å². The number of allylic oxidation sites excluding steroid dienone is 1. The summed E-state index contributed by atoms with van der Waals surface area (Å²) in [5.41, 5.74) is 3.26. The van der Waals surface area contributed by atoms with Crippen LogP contribution < -0.4 is 18.9 Å². The molecule has 0 unspecified atom stereocenters. The van der Waals surface area contributed by atoms with Crippen LogP contribution in [0, 0.1) is 27.9 Å². The number of hydrogen-bond donors (Lipinski definition) is 2. The fraction of sp³-hybridized carbons (Fsp3) is 0.500. The van der Waals surface area contributed by atoms with Crippen LogP contribution in [0.2, 0.25) is 0 Å². The van der Waals surface area contributed by atoms with Crippen molar-refractivity contribution in [1.82, 2.24) is 9.80 Å². The van der Waals surface area contributed by atoms with Crippen LogP contribution >= 0.6 is 0 Å². The van der Waals surface area contributed by atoms with E-state index < -0.39 is 28.3 Å². The molecule has 15 heteroatoms. The third-order valence-electron chi connectivity index (χ3n) is 13.3. The smallest absolute Gasteiger partial charge is 0.269 e. The number of aliphatic hydroxyl groups is 2. The van der Waals surface area contributed by atoms with Gasteiger partial charge in [0.2, 0.25) is 18.5 Å². The van der Waals surface area contributed by atoms with Crippen molar-refractivity contribution >= 4 is 23.4 Å². The number of carbonyl (C=O) groups excluding carboxylic acids is 1. The number of fused-ring (bicyclic) bond motifs is 3. The summed E-state index contributed by atoms with van der Waals surface area (Å²) in [5.74, 6) is 0.0168. The monoisotopic (exact) mass is 920 g/mol. The Bertz CT molecular complexity index is 2340. The van der Waals surface area contributed by atoms with E-state index in [2.05, 4.69) is 23.6 Å². The van der Waals surface area contributed by atoms with E-state index in [0.29, 0.717) is 48.0 Å². The van der Waals surface area contributed by atoms with Gasteiger partial charge >= 0.3 is 0 Å². The number of nitro benzene ring substituents is 1. The number of hydrogen-bond acceptors (Lipinski definition) is 13. The summed E-state index contributed by atoms with van der Waals surface area (Å²) in [6, 6.07) is 16.8. The minimum atomic E-state index is -1.50. The molecule has 3 aromatic carbocycles.